The van der Waals surface area contributed by atoms with Gasteiger partial charge in [0.2, 0.25) is 0 Å². The van der Waals surface area contributed by atoms with Gasteiger partial charge in [-0.05, 0) is 78.4 Å². The smallest absolute Gasteiger partial charge is 0.410 e. The summed E-state index contributed by atoms with van der Waals surface area (Å²) in [5, 5.41) is 13.5. The highest BCUT2D eigenvalue weighted by Crippen LogP contribution is 2.44. The molecular formula is C39H57N3O9S. The first-order valence-corrected chi connectivity index (χ1v) is 19.5. The molecule has 0 spiro atoms. The molecule has 0 unspecified atom stereocenters. The number of cyclic esters (lactones) is 1. The third-order valence-corrected chi connectivity index (χ3v) is 12.4. The summed E-state index contributed by atoms with van der Waals surface area (Å²) in [6.45, 7) is 15.7. The molecule has 1 amide bonds. The third-order valence-electron chi connectivity index (χ3n) is 11.6. The SMILES string of the molecule is CC[C@H]1OC(=O)[C@H](C)C(=O)[C@H](C)[C@@H](O[C@@H]2O[C@H](C)C[C@H](N(C)C)[C@H]2O)[C@@](C)(OCC#Cc2cccs2)C[C@@H](C)C2=NCCN3C(=O)O[C@@]1(C)[C@H]3[C@H]2C. The summed E-state index contributed by atoms with van der Waals surface area (Å²) in [6, 6.07) is 3.14. The second-order valence-electron chi connectivity index (χ2n) is 15.6. The Morgan fingerprint density at radius 2 is 1.87 bits per heavy atom. The molecule has 1 aromatic rings. The minimum absolute atomic E-state index is 0.0291. The predicted molar refractivity (Wildman–Crippen MR) is 197 cm³/mol. The molecule has 5 rings (SSSR count). The fraction of sp³-hybridized carbons (Fsp3) is 0.744. The number of aliphatic hydroxyl groups is 1. The zero-order chi connectivity index (χ0) is 38.1. The van der Waals surface area contributed by atoms with Crippen molar-refractivity contribution in [2.75, 3.05) is 33.8 Å². The van der Waals surface area contributed by atoms with Crippen LogP contribution in [0.3, 0.4) is 0 Å². The molecular weight excluding hydrogens is 687 g/mol. The van der Waals surface area contributed by atoms with Crippen LogP contribution in [0.2, 0.25) is 0 Å². The van der Waals surface area contributed by atoms with E-state index in [2.05, 4.69) is 18.8 Å². The van der Waals surface area contributed by atoms with Gasteiger partial charge in [-0.1, -0.05) is 45.6 Å². The molecule has 2 bridgehead atoms. The topological polar surface area (TPSA) is 136 Å². The van der Waals surface area contributed by atoms with Crippen LogP contribution >= 0.6 is 11.3 Å². The summed E-state index contributed by atoms with van der Waals surface area (Å²) in [6.07, 6.45) is -3.28. The summed E-state index contributed by atoms with van der Waals surface area (Å²) in [7, 11) is 3.80. The minimum atomic E-state index is -1.20. The normalized spacial score (nSPS) is 40.2. The largest absolute Gasteiger partial charge is 0.458 e. The number of nitrogens with zero attached hydrogens (tertiary/aromatic N) is 3. The second kappa shape index (κ2) is 16.2. The molecule has 5 heterocycles. The summed E-state index contributed by atoms with van der Waals surface area (Å²) >= 11 is 1.53. The number of carbonyl (C=O) groups is 3. The minimum Gasteiger partial charge on any atom is -0.458 e. The Morgan fingerprint density at radius 3 is 2.52 bits per heavy atom. The zero-order valence-electron chi connectivity index (χ0n) is 32.3. The number of Topliss-reactive ketones (excluding diaryl/α,β-unsaturated/α-hetero) is 1. The van der Waals surface area contributed by atoms with Crippen LogP contribution in [0, 0.1) is 35.5 Å². The number of hydrogen-bond acceptors (Lipinski definition) is 12. The Morgan fingerprint density at radius 1 is 1.13 bits per heavy atom. The number of thiophene rings is 1. The fourth-order valence-electron chi connectivity index (χ4n) is 8.92. The van der Waals surface area contributed by atoms with Crippen LogP contribution in [0.25, 0.3) is 0 Å². The van der Waals surface area contributed by atoms with Crippen LogP contribution in [0.5, 0.6) is 0 Å². The number of ether oxygens (including phenoxy) is 5. The number of amides is 1. The van der Waals surface area contributed by atoms with E-state index in [0.717, 1.165) is 10.6 Å². The lowest BCUT2D eigenvalue weighted by atomic mass is 9.73. The van der Waals surface area contributed by atoms with Gasteiger partial charge in [-0.2, -0.15) is 0 Å². The van der Waals surface area contributed by atoms with E-state index in [1.165, 1.54) is 18.3 Å². The van der Waals surface area contributed by atoms with Crippen LogP contribution in [0.4, 0.5) is 4.79 Å². The average Bonchev–Trinajstić information content (AvgIpc) is 3.65. The van der Waals surface area contributed by atoms with Gasteiger partial charge in [0.15, 0.2) is 17.7 Å². The molecule has 12 nitrogen and oxygen atoms in total. The van der Waals surface area contributed by atoms with E-state index in [1.54, 1.807) is 11.8 Å². The van der Waals surface area contributed by atoms with Gasteiger partial charge in [0.1, 0.15) is 24.7 Å². The maximum Gasteiger partial charge on any atom is 0.410 e. The number of esters is 1. The number of hydrogen-bond donors (Lipinski definition) is 1. The Bertz CT molecular complexity index is 1540. The van der Waals surface area contributed by atoms with Crippen molar-refractivity contribution >= 4 is 34.9 Å². The highest BCUT2D eigenvalue weighted by Gasteiger charge is 2.60. The fourth-order valence-corrected chi connectivity index (χ4v) is 9.51. The van der Waals surface area contributed by atoms with Crippen molar-refractivity contribution in [3.8, 4) is 11.8 Å². The van der Waals surface area contributed by atoms with Crippen LogP contribution < -0.4 is 0 Å². The Kier molecular flexibility index (Phi) is 12.6. The number of aliphatic imine (C=N–C) groups is 1. The number of likely N-dealkylation sites (N-methyl/N-ethyl adjacent to an activating group) is 1. The first-order valence-electron chi connectivity index (χ1n) is 18.6. The monoisotopic (exact) mass is 743 g/mol. The molecule has 0 aliphatic carbocycles. The lowest BCUT2D eigenvalue weighted by Gasteiger charge is -2.47. The number of fused-ring (bicyclic) bond motifs is 1. The van der Waals surface area contributed by atoms with Crippen LogP contribution in [-0.4, -0.2) is 126 Å². The number of ketones is 1. The molecule has 1 N–H and O–H groups in total. The Balaban J connectivity index is 1.61. The van der Waals surface area contributed by atoms with E-state index in [4.69, 9.17) is 28.7 Å². The molecule has 4 aliphatic heterocycles. The van der Waals surface area contributed by atoms with Gasteiger partial charge >= 0.3 is 12.1 Å². The van der Waals surface area contributed by atoms with Gasteiger partial charge in [-0.15, -0.1) is 11.3 Å². The summed E-state index contributed by atoms with van der Waals surface area (Å²) in [5.74, 6) is 2.60. The summed E-state index contributed by atoms with van der Waals surface area (Å²) in [5.41, 5.74) is -1.51. The van der Waals surface area contributed by atoms with Crippen molar-refractivity contribution < 1.29 is 43.2 Å². The number of aliphatic hydroxyl groups excluding tert-OH is 1. The van der Waals surface area contributed by atoms with Gasteiger partial charge < -0.3 is 33.7 Å². The lowest BCUT2D eigenvalue weighted by molar-refractivity contribution is -0.296. The van der Waals surface area contributed by atoms with Crippen molar-refractivity contribution in [3.63, 3.8) is 0 Å². The van der Waals surface area contributed by atoms with Crippen LogP contribution in [0.1, 0.15) is 79.5 Å². The zero-order valence-corrected chi connectivity index (χ0v) is 33.1. The van der Waals surface area contributed by atoms with Crippen LogP contribution in [0.15, 0.2) is 22.5 Å². The Labute approximate surface area is 312 Å². The molecule has 3 fully saturated rings. The van der Waals surface area contributed by atoms with E-state index in [-0.39, 0.29) is 30.6 Å². The van der Waals surface area contributed by atoms with Gasteiger partial charge in [0.25, 0.3) is 0 Å². The molecule has 0 saturated carbocycles. The number of rotatable bonds is 6. The van der Waals surface area contributed by atoms with Crippen molar-refractivity contribution in [1.82, 2.24) is 9.80 Å². The first-order chi connectivity index (χ1) is 24.5. The van der Waals surface area contributed by atoms with Crippen molar-refractivity contribution in [3.05, 3.63) is 22.4 Å². The molecule has 288 valence electrons. The molecule has 1 aromatic heterocycles. The molecule has 4 aliphatic rings. The highest BCUT2D eigenvalue weighted by molar-refractivity contribution is 7.10. The second-order valence-corrected chi connectivity index (χ2v) is 16.6. The first kappa shape index (κ1) is 40.3. The lowest BCUT2D eigenvalue weighted by Crippen LogP contribution is -2.60. The Hall–Kier alpha value is -2.86. The molecule has 13 heteroatoms. The summed E-state index contributed by atoms with van der Waals surface area (Å²) in [4.78, 5) is 51.3. The predicted octanol–water partition coefficient (Wildman–Crippen LogP) is 4.56. The van der Waals surface area contributed by atoms with Gasteiger partial charge in [-0.3, -0.25) is 19.5 Å². The quantitative estimate of drug-likeness (QED) is 0.251. The molecule has 0 aromatic carbocycles. The van der Waals surface area contributed by atoms with Gasteiger partial charge in [0, 0.05) is 30.1 Å². The van der Waals surface area contributed by atoms with Gasteiger partial charge in [0.05, 0.1) is 35.3 Å². The molecule has 0 radical (unpaired) electrons. The maximum absolute atomic E-state index is 14.4. The maximum atomic E-state index is 14.4. The summed E-state index contributed by atoms with van der Waals surface area (Å²) < 4.78 is 32.0. The van der Waals surface area contributed by atoms with E-state index in [0.29, 0.717) is 32.4 Å². The van der Waals surface area contributed by atoms with Crippen molar-refractivity contribution in [2.24, 2.45) is 28.7 Å². The number of carbonyl (C=O) groups excluding carboxylic acids is 3. The van der Waals surface area contributed by atoms with E-state index < -0.39 is 71.5 Å². The third kappa shape index (κ3) is 7.98. The average molecular weight is 744 g/mol. The van der Waals surface area contributed by atoms with Gasteiger partial charge in [-0.25, -0.2) is 4.79 Å². The molecule has 52 heavy (non-hydrogen) atoms. The molecule has 13 atom stereocenters. The molecule has 3 saturated heterocycles. The van der Waals surface area contributed by atoms with E-state index in [9.17, 15) is 19.5 Å². The standard InChI is InChI=1S/C39H57N3O9S/c1-11-29-39(8)33-24(4)30(40-16-17-42(33)37(46)51-39)22(2)21-38(7,47-18-12-14-27-15-13-19-52-27)34(25(5)31(43)26(6)35(45)49-29)50-36-32(44)28(41(9)10)20-23(3)48-36/h13,15,19,22-26,28-29,32-34,36,44H,11,16-18,20-21H2,1-10H3/t22-,23-,24+,25+,26-,28+,29-,32-,33-,34-,36+,38+,39-/m1/s1. The van der Waals surface area contributed by atoms with E-state index >= 15 is 0 Å². The highest BCUT2D eigenvalue weighted by atomic mass is 32.1. The van der Waals surface area contributed by atoms with Crippen molar-refractivity contribution in [2.45, 2.75) is 129 Å². The van der Waals surface area contributed by atoms with Crippen molar-refractivity contribution in [1.29, 1.82) is 0 Å². The van der Waals surface area contributed by atoms with E-state index in [1.807, 2.05) is 71.1 Å². The van der Waals surface area contributed by atoms with Crippen LogP contribution in [-0.2, 0) is 33.3 Å².